The molecule has 0 amide bonds. The summed E-state index contributed by atoms with van der Waals surface area (Å²) in [5.74, 6) is 0.293. The number of allylic oxidation sites excluding steroid dienone is 2. The van der Waals surface area contributed by atoms with Crippen LogP contribution in [0, 0.1) is 6.92 Å². The lowest BCUT2D eigenvalue weighted by Crippen LogP contribution is -2.24. The first-order chi connectivity index (χ1) is 6.63. The summed E-state index contributed by atoms with van der Waals surface area (Å²) in [6, 6.07) is 0. The van der Waals surface area contributed by atoms with Crippen molar-refractivity contribution in [1.82, 2.24) is 20.6 Å². The van der Waals surface area contributed by atoms with E-state index in [9.17, 15) is 4.79 Å². The predicted octanol–water partition coefficient (Wildman–Crippen LogP) is 0.314. The smallest absolute Gasteiger partial charge is 0.274 e. The van der Waals surface area contributed by atoms with E-state index in [1.807, 2.05) is 19.9 Å². The Morgan fingerprint density at radius 2 is 2.21 bits per heavy atom. The molecule has 0 aromatic carbocycles. The number of aromatic amines is 1. The Kier molecular flexibility index (Phi) is 3.22. The van der Waals surface area contributed by atoms with Crippen molar-refractivity contribution in [3.8, 4) is 0 Å². The van der Waals surface area contributed by atoms with Crippen LogP contribution in [-0.2, 0) is 0 Å². The monoisotopic (exact) mass is 195 g/mol. The number of H-pyrrole nitrogens is 1. The lowest BCUT2D eigenvalue weighted by molar-refractivity contribution is 0.851. The second kappa shape index (κ2) is 4.40. The maximum Gasteiger partial charge on any atom is 0.274 e. The summed E-state index contributed by atoms with van der Waals surface area (Å²) in [6.45, 7) is 5.38. The fourth-order valence-corrected chi connectivity index (χ4v) is 0.680. The van der Waals surface area contributed by atoms with Gasteiger partial charge in [-0.25, -0.2) is 0 Å². The molecule has 6 heteroatoms. The zero-order chi connectivity index (χ0) is 10.6. The lowest BCUT2D eigenvalue weighted by atomic mass is 10.5. The van der Waals surface area contributed by atoms with E-state index in [-0.39, 0.29) is 5.56 Å². The molecule has 0 aliphatic rings. The molecule has 14 heavy (non-hydrogen) atoms. The highest BCUT2D eigenvalue weighted by Gasteiger charge is 1.97. The standard InChI is InChI=1S/C8H13N5O/c1-4-5(2)10-12-8-9-7(14)6(3)11-13-8/h4,10H,1-3H3,(H2,9,12,13,14). The quantitative estimate of drug-likeness (QED) is 0.605. The number of nitrogens with zero attached hydrogens (tertiary/aromatic N) is 2. The normalized spacial score (nSPS) is 11.2. The van der Waals surface area contributed by atoms with Gasteiger partial charge < -0.3 is 5.43 Å². The fourth-order valence-electron chi connectivity index (χ4n) is 0.680. The minimum atomic E-state index is -0.248. The van der Waals surface area contributed by atoms with Crippen molar-refractivity contribution >= 4 is 5.95 Å². The van der Waals surface area contributed by atoms with Gasteiger partial charge in [-0.15, -0.1) is 10.2 Å². The summed E-state index contributed by atoms with van der Waals surface area (Å²) in [4.78, 5) is 13.6. The highest BCUT2D eigenvalue weighted by Crippen LogP contribution is 1.90. The molecule has 0 saturated carbocycles. The van der Waals surface area contributed by atoms with E-state index in [1.54, 1.807) is 6.92 Å². The first kappa shape index (κ1) is 10.2. The number of aromatic nitrogens is 3. The van der Waals surface area contributed by atoms with Gasteiger partial charge in [0.1, 0.15) is 5.69 Å². The van der Waals surface area contributed by atoms with Gasteiger partial charge in [-0.05, 0) is 20.8 Å². The summed E-state index contributed by atoms with van der Waals surface area (Å²) in [7, 11) is 0. The Labute approximate surface area is 81.4 Å². The molecule has 6 nitrogen and oxygen atoms in total. The minimum absolute atomic E-state index is 0.248. The Hall–Kier alpha value is -1.85. The molecular weight excluding hydrogens is 182 g/mol. The van der Waals surface area contributed by atoms with Gasteiger partial charge in [-0.3, -0.25) is 15.2 Å². The molecule has 0 saturated heterocycles. The van der Waals surface area contributed by atoms with E-state index in [2.05, 4.69) is 26.0 Å². The topological polar surface area (TPSA) is 82.7 Å². The molecular formula is C8H13N5O. The average molecular weight is 195 g/mol. The number of hydrogen-bond donors (Lipinski definition) is 3. The lowest BCUT2D eigenvalue weighted by Gasteiger charge is -2.07. The van der Waals surface area contributed by atoms with Crippen LogP contribution < -0.4 is 16.4 Å². The van der Waals surface area contributed by atoms with Crippen molar-refractivity contribution in [2.75, 3.05) is 5.43 Å². The largest absolute Gasteiger partial charge is 0.303 e. The van der Waals surface area contributed by atoms with Crippen LogP contribution in [-0.4, -0.2) is 15.2 Å². The van der Waals surface area contributed by atoms with E-state index in [1.165, 1.54) is 0 Å². The molecule has 0 spiro atoms. The average Bonchev–Trinajstić information content (AvgIpc) is 2.19. The van der Waals surface area contributed by atoms with Gasteiger partial charge >= 0.3 is 0 Å². The van der Waals surface area contributed by atoms with Crippen molar-refractivity contribution in [2.24, 2.45) is 0 Å². The maximum atomic E-state index is 11.1. The fraction of sp³-hybridized carbons (Fsp3) is 0.375. The van der Waals surface area contributed by atoms with Crippen molar-refractivity contribution in [3.05, 3.63) is 27.8 Å². The van der Waals surface area contributed by atoms with Crippen LogP contribution in [0.4, 0.5) is 5.95 Å². The third-order valence-corrected chi connectivity index (χ3v) is 1.67. The highest BCUT2D eigenvalue weighted by atomic mass is 16.1. The van der Waals surface area contributed by atoms with E-state index < -0.39 is 0 Å². The molecule has 3 N–H and O–H groups in total. The Balaban J connectivity index is 2.69. The van der Waals surface area contributed by atoms with E-state index in [0.29, 0.717) is 11.6 Å². The van der Waals surface area contributed by atoms with E-state index in [0.717, 1.165) is 5.70 Å². The number of hydrogen-bond acceptors (Lipinski definition) is 5. The Morgan fingerprint density at radius 3 is 2.79 bits per heavy atom. The molecule has 0 radical (unpaired) electrons. The molecule has 0 unspecified atom stereocenters. The highest BCUT2D eigenvalue weighted by molar-refractivity contribution is 5.21. The van der Waals surface area contributed by atoms with Crippen molar-refractivity contribution in [2.45, 2.75) is 20.8 Å². The van der Waals surface area contributed by atoms with Crippen LogP contribution in [0.3, 0.4) is 0 Å². The molecule has 1 aromatic rings. The zero-order valence-electron chi connectivity index (χ0n) is 8.38. The van der Waals surface area contributed by atoms with Crippen LogP contribution in [0.2, 0.25) is 0 Å². The van der Waals surface area contributed by atoms with Gasteiger partial charge in [0.15, 0.2) is 0 Å². The van der Waals surface area contributed by atoms with Gasteiger partial charge in [0, 0.05) is 5.70 Å². The van der Waals surface area contributed by atoms with E-state index in [4.69, 9.17) is 0 Å². The zero-order valence-corrected chi connectivity index (χ0v) is 8.38. The molecule has 0 fully saturated rings. The summed E-state index contributed by atoms with van der Waals surface area (Å²) in [5.41, 5.74) is 6.57. The van der Waals surface area contributed by atoms with Crippen LogP contribution in [0.15, 0.2) is 16.6 Å². The maximum absolute atomic E-state index is 11.1. The summed E-state index contributed by atoms with van der Waals surface area (Å²) >= 11 is 0. The number of hydrazine groups is 1. The molecule has 0 aliphatic carbocycles. The van der Waals surface area contributed by atoms with Gasteiger partial charge in [0.25, 0.3) is 5.56 Å². The third-order valence-electron chi connectivity index (χ3n) is 1.67. The third kappa shape index (κ3) is 2.58. The van der Waals surface area contributed by atoms with Crippen LogP contribution in [0.25, 0.3) is 0 Å². The van der Waals surface area contributed by atoms with Crippen LogP contribution in [0.1, 0.15) is 19.5 Å². The van der Waals surface area contributed by atoms with Crippen LogP contribution in [0.5, 0.6) is 0 Å². The molecule has 1 aromatic heterocycles. The van der Waals surface area contributed by atoms with Gasteiger partial charge in [0.2, 0.25) is 5.95 Å². The minimum Gasteiger partial charge on any atom is -0.303 e. The summed E-state index contributed by atoms with van der Waals surface area (Å²) < 4.78 is 0. The van der Waals surface area contributed by atoms with Gasteiger partial charge in [0.05, 0.1) is 0 Å². The molecule has 0 atom stereocenters. The number of aryl methyl sites for hydroxylation is 1. The number of rotatable bonds is 3. The Morgan fingerprint density at radius 1 is 1.50 bits per heavy atom. The SMILES string of the molecule is CC=C(C)NNc1nnc(C)c(=O)[nH]1. The second-order valence-corrected chi connectivity index (χ2v) is 2.81. The molecule has 0 bridgehead atoms. The Bertz CT molecular complexity index is 395. The summed E-state index contributed by atoms with van der Waals surface area (Å²) in [6.07, 6.45) is 1.88. The van der Waals surface area contributed by atoms with Crippen molar-refractivity contribution < 1.29 is 0 Å². The molecule has 1 rings (SSSR count). The van der Waals surface area contributed by atoms with Crippen molar-refractivity contribution in [1.29, 1.82) is 0 Å². The first-order valence-corrected chi connectivity index (χ1v) is 4.22. The first-order valence-electron chi connectivity index (χ1n) is 4.22. The van der Waals surface area contributed by atoms with Crippen LogP contribution >= 0.6 is 0 Å². The molecule has 0 aliphatic heterocycles. The predicted molar refractivity (Wildman–Crippen MR) is 53.6 cm³/mol. The van der Waals surface area contributed by atoms with Gasteiger partial charge in [-0.1, -0.05) is 6.08 Å². The number of anilines is 1. The molecule has 1 heterocycles. The van der Waals surface area contributed by atoms with Crippen molar-refractivity contribution in [3.63, 3.8) is 0 Å². The molecule has 76 valence electrons. The van der Waals surface area contributed by atoms with Gasteiger partial charge in [-0.2, -0.15) is 0 Å². The van der Waals surface area contributed by atoms with E-state index >= 15 is 0 Å². The second-order valence-electron chi connectivity index (χ2n) is 2.81. The summed E-state index contributed by atoms with van der Waals surface area (Å²) in [5, 5.41) is 7.41. The number of nitrogens with one attached hydrogen (secondary N) is 3.